The number of aliphatic hydroxyl groups excluding tert-OH is 1. The third-order valence-corrected chi connectivity index (χ3v) is 4.84. The van der Waals surface area contributed by atoms with Gasteiger partial charge in [0.2, 0.25) is 0 Å². The highest BCUT2D eigenvalue weighted by molar-refractivity contribution is 5.08. The summed E-state index contributed by atoms with van der Waals surface area (Å²) in [6, 6.07) is 0. The molecule has 2 heterocycles. The Balaban J connectivity index is 1.93. The summed E-state index contributed by atoms with van der Waals surface area (Å²) >= 11 is 0. The minimum absolute atomic E-state index is 0.0951. The maximum absolute atomic E-state index is 9.84. The lowest BCUT2D eigenvalue weighted by Gasteiger charge is -2.45. The van der Waals surface area contributed by atoms with E-state index in [-0.39, 0.29) is 24.1 Å². The Morgan fingerprint density at radius 2 is 1.94 bits per heavy atom. The summed E-state index contributed by atoms with van der Waals surface area (Å²) in [5, 5.41) is 9.84. The van der Waals surface area contributed by atoms with Crippen LogP contribution in [0.4, 0.5) is 0 Å². The van der Waals surface area contributed by atoms with Gasteiger partial charge in [-0.2, -0.15) is 0 Å². The summed E-state index contributed by atoms with van der Waals surface area (Å²) in [7, 11) is 0. The summed E-state index contributed by atoms with van der Waals surface area (Å²) in [6.45, 7) is 5.73. The van der Waals surface area contributed by atoms with Gasteiger partial charge in [-0.25, -0.2) is 4.90 Å². The van der Waals surface area contributed by atoms with Crippen molar-refractivity contribution in [3.8, 4) is 0 Å². The summed E-state index contributed by atoms with van der Waals surface area (Å²) in [6.07, 6.45) is 6.02. The fourth-order valence-electron chi connectivity index (χ4n) is 3.92. The van der Waals surface area contributed by atoms with E-state index in [1.807, 2.05) is 0 Å². The molecule has 0 bridgehead atoms. The van der Waals surface area contributed by atoms with Gasteiger partial charge in [0.05, 0.1) is 25.4 Å². The van der Waals surface area contributed by atoms with Gasteiger partial charge in [-0.1, -0.05) is 20.3 Å². The third-order valence-electron chi connectivity index (χ3n) is 4.84. The van der Waals surface area contributed by atoms with Crippen molar-refractivity contribution in [1.29, 1.82) is 0 Å². The minimum atomic E-state index is -0.285. The lowest BCUT2D eigenvalue weighted by Crippen LogP contribution is -2.58. The van der Waals surface area contributed by atoms with Crippen LogP contribution in [0.1, 0.15) is 46.0 Å². The molecule has 1 N–H and O–H groups in total. The van der Waals surface area contributed by atoms with E-state index in [4.69, 9.17) is 9.47 Å². The molecule has 0 aromatic heterocycles. The monoisotopic (exact) mass is 255 g/mol. The Hall–Kier alpha value is -0.160. The van der Waals surface area contributed by atoms with Crippen LogP contribution in [0.15, 0.2) is 0 Å². The van der Waals surface area contributed by atoms with Gasteiger partial charge in [-0.3, -0.25) is 0 Å². The summed E-state index contributed by atoms with van der Waals surface area (Å²) in [5.41, 5.74) is -0.446. The second-order valence-corrected chi connectivity index (χ2v) is 6.49. The standard InChI is InChI=1S/C14H25NO3/c1-11(2)12-15-13(8-16,9-17-12)10-18-14(15)6-4-3-5-7-14/h11-12,16H,3-10H2,1-2H3/t12-,13-/m0/s1. The van der Waals surface area contributed by atoms with Crippen molar-refractivity contribution in [2.24, 2.45) is 5.92 Å². The van der Waals surface area contributed by atoms with Crippen molar-refractivity contribution in [3.63, 3.8) is 0 Å². The molecular formula is C14H25NO3. The number of aliphatic hydroxyl groups is 1. The summed E-state index contributed by atoms with van der Waals surface area (Å²) < 4.78 is 12.2. The Labute approximate surface area is 109 Å². The van der Waals surface area contributed by atoms with Crippen molar-refractivity contribution in [2.75, 3.05) is 19.8 Å². The van der Waals surface area contributed by atoms with Crippen molar-refractivity contribution >= 4 is 0 Å². The van der Waals surface area contributed by atoms with E-state index < -0.39 is 0 Å². The highest BCUT2D eigenvalue weighted by atomic mass is 16.6. The number of hydrogen-bond donors (Lipinski definition) is 1. The van der Waals surface area contributed by atoms with E-state index in [0.29, 0.717) is 19.1 Å². The van der Waals surface area contributed by atoms with Crippen LogP contribution in [0.2, 0.25) is 0 Å². The van der Waals surface area contributed by atoms with E-state index >= 15 is 0 Å². The van der Waals surface area contributed by atoms with E-state index in [9.17, 15) is 5.11 Å². The number of nitrogens with zero attached hydrogens (tertiary/aromatic N) is 1. The molecule has 3 fully saturated rings. The Morgan fingerprint density at radius 1 is 1.22 bits per heavy atom. The maximum Gasteiger partial charge on any atom is 0.124 e. The molecule has 2 atom stereocenters. The number of fused-ring (bicyclic) bond motifs is 2. The number of ether oxygens (including phenoxy) is 2. The molecule has 3 rings (SSSR count). The van der Waals surface area contributed by atoms with Crippen LogP contribution in [0, 0.1) is 5.92 Å². The molecular weight excluding hydrogens is 230 g/mol. The van der Waals surface area contributed by atoms with Gasteiger partial charge in [0.25, 0.3) is 0 Å². The lowest BCUT2D eigenvalue weighted by atomic mass is 9.88. The first-order chi connectivity index (χ1) is 8.64. The molecule has 18 heavy (non-hydrogen) atoms. The zero-order valence-electron chi connectivity index (χ0n) is 11.5. The van der Waals surface area contributed by atoms with Crippen LogP contribution in [0.3, 0.4) is 0 Å². The Bertz CT molecular complexity index is 314. The molecule has 0 unspecified atom stereocenters. The van der Waals surface area contributed by atoms with Gasteiger partial charge in [0.1, 0.15) is 12.0 Å². The second kappa shape index (κ2) is 4.44. The largest absolute Gasteiger partial charge is 0.394 e. The van der Waals surface area contributed by atoms with Crippen molar-refractivity contribution < 1.29 is 14.6 Å². The average Bonchev–Trinajstić information content (AvgIpc) is 2.90. The smallest absolute Gasteiger partial charge is 0.124 e. The Morgan fingerprint density at radius 3 is 2.56 bits per heavy atom. The number of rotatable bonds is 2. The van der Waals surface area contributed by atoms with Crippen molar-refractivity contribution in [3.05, 3.63) is 0 Å². The van der Waals surface area contributed by atoms with E-state index in [2.05, 4.69) is 18.7 Å². The summed E-state index contributed by atoms with van der Waals surface area (Å²) in [4.78, 5) is 2.39. The molecule has 0 radical (unpaired) electrons. The quantitative estimate of drug-likeness (QED) is 0.816. The minimum Gasteiger partial charge on any atom is -0.394 e. The molecule has 104 valence electrons. The van der Waals surface area contributed by atoms with Crippen LogP contribution in [0.5, 0.6) is 0 Å². The first kappa shape index (κ1) is 12.9. The molecule has 2 saturated heterocycles. The van der Waals surface area contributed by atoms with Crippen molar-refractivity contribution in [2.45, 2.75) is 63.4 Å². The fraction of sp³-hybridized carbons (Fsp3) is 1.00. The molecule has 1 spiro atoms. The first-order valence-corrected chi connectivity index (χ1v) is 7.29. The predicted molar refractivity (Wildman–Crippen MR) is 68.0 cm³/mol. The zero-order valence-corrected chi connectivity index (χ0v) is 11.5. The first-order valence-electron chi connectivity index (χ1n) is 7.29. The SMILES string of the molecule is CC(C)[C@@H]1OC[C@@]2(CO)COC3(CCCCC3)N12. The third kappa shape index (κ3) is 1.66. The molecule has 3 aliphatic rings. The molecule has 2 aliphatic heterocycles. The highest BCUT2D eigenvalue weighted by Crippen LogP contribution is 2.49. The van der Waals surface area contributed by atoms with E-state index in [1.54, 1.807) is 0 Å². The molecule has 4 nitrogen and oxygen atoms in total. The van der Waals surface area contributed by atoms with E-state index in [1.165, 1.54) is 19.3 Å². The molecule has 0 aromatic carbocycles. The topological polar surface area (TPSA) is 41.9 Å². The fourth-order valence-corrected chi connectivity index (χ4v) is 3.92. The van der Waals surface area contributed by atoms with Gasteiger partial charge < -0.3 is 14.6 Å². The van der Waals surface area contributed by atoms with Gasteiger partial charge in [0, 0.05) is 0 Å². The normalized spacial score (nSPS) is 39.7. The zero-order chi connectivity index (χ0) is 12.8. The van der Waals surface area contributed by atoms with Crippen molar-refractivity contribution in [1.82, 2.24) is 4.90 Å². The predicted octanol–water partition coefficient (Wildman–Crippen LogP) is 1.72. The second-order valence-electron chi connectivity index (χ2n) is 6.49. The van der Waals surface area contributed by atoms with Gasteiger partial charge in [-0.05, 0) is 31.6 Å². The highest BCUT2D eigenvalue weighted by Gasteiger charge is 2.62. The molecule has 0 amide bonds. The lowest BCUT2D eigenvalue weighted by molar-refractivity contribution is -0.166. The number of hydrogen-bond acceptors (Lipinski definition) is 4. The molecule has 1 saturated carbocycles. The molecule has 4 heteroatoms. The molecule has 1 aliphatic carbocycles. The van der Waals surface area contributed by atoms with Crippen LogP contribution in [-0.4, -0.2) is 47.3 Å². The maximum atomic E-state index is 9.84. The average molecular weight is 255 g/mol. The molecule has 0 aromatic rings. The van der Waals surface area contributed by atoms with Gasteiger partial charge in [0.15, 0.2) is 0 Å². The Kier molecular flexibility index (Phi) is 3.17. The van der Waals surface area contributed by atoms with Crippen LogP contribution in [0.25, 0.3) is 0 Å². The van der Waals surface area contributed by atoms with Gasteiger partial charge >= 0.3 is 0 Å². The van der Waals surface area contributed by atoms with Gasteiger partial charge in [-0.15, -0.1) is 0 Å². The van der Waals surface area contributed by atoms with E-state index in [0.717, 1.165) is 12.8 Å². The summed E-state index contributed by atoms with van der Waals surface area (Å²) in [5.74, 6) is 0.430. The van der Waals surface area contributed by atoms with Crippen LogP contribution < -0.4 is 0 Å². The van der Waals surface area contributed by atoms with Crippen LogP contribution >= 0.6 is 0 Å². The van der Waals surface area contributed by atoms with Crippen LogP contribution in [-0.2, 0) is 9.47 Å².